The summed E-state index contributed by atoms with van der Waals surface area (Å²) in [6.45, 7) is 1.99. The number of rotatable bonds is 5. The lowest BCUT2D eigenvalue weighted by Crippen LogP contribution is -2.04. The molecule has 3 aromatic rings. The van der Waals surface area contributed by atoms with E-state index in [1.165, 1.54) is 10.7 Å². The van der Waals surface area contributed by atoms with Crippen molar-refractivity contribution in [1.29, 1.82) is 0 Å². The van der Waals surface area contributed by atoms with Gasteiger partial charge >= 0.3 is 5.97 Å². The molecule has 0 saturated heterocycles. The zero-order chi connectivity index (χ0) is 16.4. The van der Waals surface area contributed by atoms with Gasteiger partial charge in [-0.3, -0.25) is 4.68 Å². The molecule has 0 spiro atoms. The molecular weight excluding hydrogens is 298 g/mol. The van der Waals surface area contributed by atoms with E-state index in [0.717, 1.165) is 11.1 Å². The van der Waals surface area contributed by atoms with Gasteiger partial charge in [0.2, 0.25) is 5.88 Å². The lowest BCUT2D eigenvalue weighted by molar-refractivity contribution is 0.0685. The number of aromatic nitrogens is 3. The van der Waals surface area contributed by atoms with Crippen LogP contribution in [0.1, 0.15) is 21.8 Å². The molecule has 0 amide bonds. The van der Waals surface area contributed by atoms with Crippen molar-refractivity contribution in [3.63, 3.8) is 0 Å². The predicted molar refractivity (Wildman–Crippen MR) is 81.2 cm³/mol. The van der Waals surface area contributed by atoms with Gasteiger partial charge in [-0.25, -0.2) is 4.79 Å². The molecule has 0 saturated carbocycles. The number of ether oxygens (including phenoxy) is 1. The zero-order valence-electron chi connectivity index (χ0n) is 12.7. The van der Waals surface area contributed by atoms with Crippen molar-refractivity contribution in [2.45, 2.75) is 13.5 Å². The number of nitrogens with zero attached hydrogens (tertiary/aromatic N) is 3. The maximum Gasteiger partial charge on any atom is 0.354 e. The largest absolute Gasteiger partial charge is 0.477 e. The van der Waals surface area contributed by atoms with Gasteiger partial charge in [-0.1, -0.05) is 35.5 Å². The maximum absolute atomic E-state index is 11.0. The average Bonchev–Trinajstić information content (AvgIpc) is 3.09. The van der Waals surface area contributed by atoms with Gasteiger partial charge in [0, 0.05) is 18.7 Å². The highest BCUT2D eigenvalue weighted by Gasteiger charge is 2.17. The molecule has 1 N–H and O–H groups in total. The second-order valence-corrected chi connectivity index (χ2v) is 5.02. The number of benzene rings is 1. The first-order chi connectivity index (χ1) is 11.1. The Labute approximate surface area is 132 Å². The molecule has 7 nitrogen and oxygen atoms in total. The third kappa shape index (κ3) is 2.94. The van der Waals surface area contributed by atoms with E-state index in [1.807, 2.05) is 30.3 Å². The van der Waals surface area contributed by atoms with E-state index in [0.29, 0.717) is 11.5 Å². The van der Waals surface area contributed by atoms with Crippen LogP contribution in [0.4, 0.5) is 0 Å². The number of hydrogen-bond donors (Lipinski definition) is 1. The highest BCUT2D eigenvalue weighted by molar-refractivity contribution is 5.85. The molecule has 7 heteroatoms. The monoisotopic (exact) mass is 313 g/mol. The van der Waals surface area contributed by atoms with Gasteiger partial charge in [0.15, 0.2) is 0 Å². The fourth-order valence-corrected chi connectivity index (χ4v) is 2.24. The van der Waals surface area contributed by atoms with Crippen molar-refractivity contribution in [2.75, 3.05) is 0 Å². The SMILES string of the molecule is Cc1onc(-c2ccccc2)c1COc1cc(C(=O)O)n(C)n1. The summed E-state index contributed by atoms with van der Waals surface area (Å²) in [6, 6.07) is 11.0. The van der Waals surface area contributed by atoms with E-state index in [1.54, 1.807) is 14.0 Å². The quantitative estimate of drug-likeness (QED) is 0.778. The molecule has 2 aromatic heterocycles. The first-order valence-corrected chi connectivity index (χ1v) is 6.97. The number of carbonyl (C=O) groups is 1. The Morgan fingerprint density at radius 1 is 1.35 bits per heavy atom. The second kappa shape index (κ2) is 5.96. The van der Waals surface area contributed by atoms with Crippen LogP contribution in [0, 0.1) is 6.92 Å². The second-order valence-electron chi connectivity index (χ2n) is 5.02. The van der Waals surface area contributed by atoms with Crippen LogP contribution in [-0.4, -0.2) is 26.0 Å². The highest BCUT2D eigenvalue weighted by Crippen LogP contribution is 2.26. The molecule has 3 rings (SSSR count). The Hall–Kier alpha value is -3.09. The molecule has 2 heterocycles. The van der Waals surface area contributed by atoms with Crippen LogP contribution in [0.25, 0.3) is 11.3 Å². The molecular formula is C16H15N3O4. The Kier molecular flexibility index (Phi) is 3.84. The smallest absolute Gasteiger partial charge is 0.354 e. The summed E-state index contributed by atoms with van der Waals surface area (Å²) < 4.78 is 12.1. The zero-order valence-corrected chi connectivity index (χ0v) is 12.7. The molecule has 0 aliphatic rings. The minimum atomic E-state index is -1.05. The number of aromatic carboxylic acids is 1. The molecule has 0 radical (unpaired) electrons. The standard InChI is InChI=1S/C16H15N3O4/c1-10-12(15(18-23-10)11-6-4-3-5-7-11)9-22-14-8-13(16(20)21)19(2)17-14/h3-8H,9H2,1-2H3,(H,20,21). The summed E-state index contributed by atoms with van der Waals surface area (Å²) in [5.74, 6) is -0.163. The van der Waals surface area contributed by atoms with Crippen LogP contribution in [0.5, 0.6) is 5.88 Å². The van der Waals surface area contributed by atoms with Crippen molar-refractivity contribution in [3.8, 4) is 17.1 Å². The third-order valence-electron chi connectivity index (χ3n) is 3.47. The normalized spacial score (nSPS) is 10.7. The van der Waals surface area contributed by atoms with Crippen molar-refractivity contribution >= 4 is 5.97 Å². The summed E-state index contributed by atoms with van der Waals surface area (Å²) in [7, 11) is 1.55. The Bertz CT molecular complexity index is 836. The molecule has 0 aliphatic heterocycles. The number of hydrogen-bond acceptors (Lipinski definition) is 5. The summed E-state index contributed by atoms with van der Waals surface area (Å²) >= 11 is 0. The Morgan fingerprint density at radius 3 is 2.74 bits per heavy atom. The minimum absolute atomic E-state index is 0.0605. The van der Waals surface area contributed by atoms with Crippen molar-refractivity contribution in [1.82, 2.24) is 14.9 Å². The lowest BCUT2D eigenvalue weighted by Gasteiger charge is -2.04. The number of aryl methyl sites for hydroxylation is 2. The van der Waals surface area contributed by atoms with Gasteiger partial charge in [0.05, 0.1) is 5.56 Å². The summed E-state index contributed by atoms with van der Waals surface area (Å²) in [6.07, 6.45) is 0. The molecule has 0 unspecified atom stereocenters. The van der Waals surface area contributed by atoms with E-state index in [9.17, 15) is 4.79 Å². The predicted octanol–water partition coefficient (Wildman–Crippen LogP) is 2.66. The Morgan fingerprint density at radius 2 is 2.09 bits per heavy atom. The summed E-state index contributed by atoms with van der Waals surface area (Å²) in [4.78, 5) is 11.0. The lowest BCUT2D eigenvalue weighted by atomic mass is 10.1. The van der Waals surface area contributed by atoms with Crippen molar-refractivity contribution in [3.05, 3.63) is 53.4 Å². The molecule has 1 aromatic carbocycles. The van der Waals surface area contributed by atoms with Gasteiger partial charge in [0.1, 0.15) is 23.8 Å². The van der Waals surface area contributed by atoms with E-state index < -0.39 is 5.97 Å². The molecule has 0 aliphatic carbocycles. The van der Waals surface area contributed by atoms with E-state index in [2.05, 4.69) is 10.3 Å². The van der Waals surface area contributed by atoms with Gasteiger partial charge in [-0.05, 0) is 6.92 Å². The highest BCUT2D eigenvalue weighted by atomic mass is 16.5. The van der Waals surface area contributed by atoms with Gasteiger partial charge in [0.25, 0.3) is 0 Å². The fourth-order valence-electron chi connectivity index (χ4n) is 2.24. The van der Waals surface area contributed by atoms with Crippen LogP contribution in [0.2, 0.25) is 0 Å². The molecule has 0 atom stereocenters. The van der Waals surface area contributed by atoms with E-state index >= 15 is 0 Å². The topological polar surface area (TPSA) is 90.4 Å². The molecule has 23 heavy (non-hydrogen) atoms. The number of carboxylic acids is 1. The molecule has 0 fully saturated rings. The van der Waals surface area contributed by atoms with E-state index in [-0.39, 0.29) is 18.2 Å². The van der Waals surface area contributed by atoms with Crippen LogP contribution in [0.3, 0.4) is 0 Å². The van der Waals surface area contributed by atoms with Crippen molar-refractivity contribution in [2.24, 2.45) is 7.05 Å². The van der Waals surface area contributed by atoms with Crippen LogP contribution in [0.15, 0.2) is 40.9 Å². The maximum atomic E-state index is 11.0. The van der Waals surface area contributed by atoms with Crippen LogP contribution < -0.4 is 4.74 Å². The molecule has 0 bridgehead atoms. The third-order valence-corrected chi connectivity index (χ3v) is 3.47. The first-order valence-electron chi connectivity index (χ1n) is 6.97. The van der Waals surface area contributed by atoms with E-state index in [4.69, 9.17) is 14.4 Å². The van der Waals surface area contributed by atoms with Gasteiger partial charge in [-0.2, -0.15) is 0 Å². The Balaban J connectivity index is 1.83. The van der Waals surface area contributed by atoms with Gasteiger partial charge in [-0.15, -0.1) is 5.10 Å². The average molecular weight is 313 g/mol. The first kappa shape index (κ1) is 14.8. The molecule has 118 valence electrons. The van der Waals surface area contributed by atoms with Crippen LogP contribution in [-0.2, 0) is 13.7 Å². The summed E-state index contributed by atoms with van der Waals surface area (Å²) in [5, 5.41) is 17.1. The van der Waals surface area contributed by atoms with Gasteiger partial charge < -0.3 is 14.4 Å². The number of carboxylic acid groups (broad SMARTS) is 1. The van der Waals surface area contributed by atoms with Crippen molar-refractivity contribution < 1.29 is 19.2 Å². The van der Waals surface area contributed by atoms with Crippen LogP contribution >= 0.6 is 0 Å². The minimum Gasteiger partial charge on any atom is -0.477 e. The fraction of sp³-hybridized carbons (Fsp3) is 0.188. The summed E-state index contributed by atoms with van der Waals surface area (Å²) in [5.41, 5.74) is 2.50.